The highest BCUT2D eigenvalue weighted by Gasteiger charge is 2.16. The van der Waals surface area contributed by atoms with Crippen LogP contribution in [0, 0.1) is 13.8 Å². The van der Waals surface area contributed by atoms with Crippen molar-refractivity contribution in [2.75, 3.05) is 14.2 Å². The van der Waals surface area contributed by atoms with Crippen molar-refractivity contribution in [1.29, 1.82) is 0 Å². The Hall–Kier alpha value is -1.97. The fraction of sp³-hybridized carbons (Fsp3) is 0.308. The highest BCUT2D eigenvalue weighted by Crippen LogP contribution is 2.27. The first kappa shape index (κ1) is 13.1. The van der Waals surface area contributed by atoms with E-state index in [9.17, 15) is 9.90 Å². The number of carbonyl (C=O) groups excluding carboxylic acids is 1. The van der Waals surface area contributed by atoms with Gasteiger partial charge in [-0.3, -0.25) is 0 Å². The average Bonchev–Trinajstić information content (AvgIpc) is 2.30. The maximum atomic E-state index is 11.6. The van der Waals surface area contributed by atoms with E-state index in [0.29, 0.717) is 5.56 Å². The Balaban J connectivity index is 3.34. The van der Waals surface area contributed by atoms with Crippen molar-refractivity contribution in [2.24, 2.45) is 0 Å². The van der Waals surface area contributed by atoms with Crippen molar-refractivity contribution < 1.29 is 19.4 Å². The monoisotopic (exact) mass is 236 g/mol. The largest absolute Gasteiger partial charge is 0.508 e. The van der Waals surface area contributed by atoms with Crippen LogP contribution in [-0.4, -0.2) is 25.3 Å². The van der Waals surface area contributed by atoms with Crippen molar-refractivity contribution in [3.05, 3.63) is 35.1 Å². The molecule has 17 heavy (non-hydrogen) atoms. The summed E-state index contributed by atoms with van der Waals surface area (Å²) in [4.78, 5) is 11.6. The number of aromatic hydroxyl groups is 1. The van der Waals surface area contributed by atoms with Crippen LogP contribution in [0.25, 0.3) is 5.57 Å². The molecule has 4 heteroatoms. The lowest BCUT2D eigenvalue weighted by atomic mass is 9.99. The molecule has 1 rings (SSSR count). The second kappa shape index (κ2) is 5.39. The van der Waals surface area contributed by atoms with Crippen molar-refractivity contribution in [1.82, 2.24) is 0 Å². The van der Waals surface area contributed by atoms with E-state index in [1.54, 1.807) is 13.0 Å². The molecule has 0 radical (unpaired) electrons. The van der Waals surface area contributed by atoms with Crippen LogP contribution >= 0.6 is 0 Å². The van der Waals surface area contributed by atoms with E-state index >= 15 is 0 Å². The van der Waals surface area contributed by atoms with Gasteiger partial charge in [-0.15, -0.1) is 0 Å². The van der Waals surface area contributed by atoms with Crippen LogP contribution in [0.3, 0.4) is 0 Å². The first-order chi connectivity index (χ1) is 8.01. The third kappa shape index (κ3) is 2.78. The average molecular weight is 236 g/mol. The van der Waals surface area contributed by atoms with Crippen LogP contribution in [-0.2, 0) is 14.3 Å². The van der Waals surface area contributed by atoms with Gasteiger partial charge in [-0.25, -0.2) is 4.79 Å². The van der Waals surface area contributed by atoms with Crippen molar-refractivity contribution in [3.8, 4) is 5.75 Å². The van der Waals surface area contributed by atoms with Crippen LogP contribution in [0.5, 0.6) is 5.75 Å². The number of hydrogen-bond acceptors (Lipinski definition) is 4. The van der Waals surface area contributed by atoms with Gasteiger partial charge < -0.3 is 14.6 Å². The van der Waals surface area contributed by atoms with E-state index in [2.05, 4.69) is 4.74 Å². The summed E-state index contributed by atoms with van der Waals surface area (Å²) in [6.07, 6.45) is 1.31. The lowest BCUT2D eigenvalue weighted by Gasteiger charge is -2.10. The molecule has 0 heterocycles. The Bertz CT molecular complexity index is 461. The second-order valence-corrected chi connectivity index (χ2v) is 3.71. The molecule has 0 spiro atoms. The molecule has 0 aromatic heterocycles. The summed E-state index contributed by atoms with van der Waals surface area (Å²) in [5.74, 6) is -0.366. The van der Waals surface area contributed by atoms with E-state index in [1.807, 2.05) is 6.92 Å². The quantitative estimate of drug-likeness (QED) is 0.496. The van der Waals surface area contributed by atoms with Crippen molar-refractivity contribution >= 4 is 11.5 Å². The third-order valence-electron chi connectivity index (χ3n) is 2.47. The standard InChI is InChI=1S/C13H16O4/c1-8-5-9(2)12(14)6-10(8)11(7-16-3)13(15)17-4/h5-7,14H,1-4H3/b11-7+. The minimum atomic E-state index is -0.502. The van der Waals surface area contributed by atoms with Gasteiger partial charge in [0.2, 0.25) is 0 Å². The highest BCUT2D eigenvalue weighted by molar-refractivity contribution is 6.16. The molecule has 0 saturated carbocycles. The summed E-state index contributed by atoms with van der Waals surface area (Å²) in [6.45, 7) is 3.65. The lowest BCUT2D eigenvalue weighted by Crippen LogP contribution is -2.06. The third-order valence-corrected chi connectivity index (χ3v) is 2.47. The summed E-state index contributed by atoms with van der Waals surface area (Å²) in [6, 6.07) is 3.34. The number of phenolic OH excluding ortho intramolecular Hbond substituents is 1. The first-order valence-corrected chi connectivity index (χ1v) is 5.13. The lowest BCUT2D eigenvalue weighted by molar-refractivity contribution is -0.133. The van der Waals surface area contributed by atoms with E-state index in [-0.39, 0.29) is 11.3 Å². The normalized spacial score (nSPS) is 11.2. The molecule has 1 aromatic carbocycles. The summed E-state index contributed by atoms with van der Waals surface area (Å²) in [7, 11) is 2.75. The van der Waals surface area contributed by atoms with Crippen LogP contribution in [0.1, 0.15) is 16.7 Å². The van der Waals surface area contributed by atoms with Gasteiger partial charge in [0.05, 0.1) is 20.5 Å². The van der Waals surface area contributed by atoms with Gasteiger partial charge in [-0.1, -0.05) is 6.07 Å². The number of ether oxygens (including phenoxy) is 2. The fourth-order valence-corrected chi connectivity index (χ4v) is 1.58. The van der Waals surface area contributed by atoms with Gasteiger partial charge in [0, 0.05) is 0 Å². The van der Waals surface area contributed by atoms with Gasteiger partial charge in [0.15, 0.2) is 0 Å². The molecule has 0 saturated heterocycles. The zero-order valence-electron chi connectivity index (χ0n) is 10.4. The Labute approximate surface area is 100 Å². The number of benzene rings is 1. The topological polar surface area (TPSA) is 55.8 Å². The maximum absolute atomic E-state index is 11.6. The molecular formula is C13H16O4. The number of esters is 1. The number of phenols is 1. The minimum Gasteiger partial charge on any atom is -0.508 e. The summed E-state index contributed by atoms with van der Waals surface area (Å²) in [5, 5.41) is 9.68. The first-order valence-electron chi connectivity index (χ1n) is 5.13. The van der Waals surface area contributed by atoms with E-state index in [4.69, 9.17) is 4.74 Å². The summed E-state index contributed by atoms with van der Waals surface area (Å²) < 4.78 is 9.54. The number of rotatable bonds is 3. The van der Waals surface area contributed by atoms with Gasteiger partial charge in [0.25, 0.3) is 0 Å². The van der Waals surface area contributed by atoms with E-state index in [0.717, 1.165) is 11.1 Å². The molecule has 4 nitrogen and oxygen atoms in total. The Kier molecular flexibility index (Phi) is 4.15. The second-order valence-electron chi connectivity index (χ2n) is 3.71. The molecule has 1 N–H and O–H groups in total. The predicted octanol–water partition coefficient (Wildman–Crippen LogP) is 2.17. The number of carbonyl (C=O) groups is 1. The number of hydrogen-bond donors (Lipinski definition) is 1. The molecule has 0 bridgehead atoms. The molecular weight excluding hydrogens is 220 g/mol. The van der Waals surface area contributed by atoms with Crippen molar-refractivity contribution in [3.63, 3.8) is 0 Å². The Morgan fingerprint density at radius 3 is 2.41 bits per heavy atom. The zero-order valence-corrected chi connectivity index (χ0v) is 10.4. The van der Waals surface area contributed by atoms with Gasteiger partial charge in [0.1, 0.15) is 11.3 Å². The Morgan fingerprint density at radius 1 is 1.24 bits per heavy atom. The summed E-state index contributed by atoms with van der Waals surface area (Å²) in [5.41, 5.74) is 2.51. The van der Waals surface area contributed by atoms with E-state index < -0.39 is 5.97 Å². The SMILES string of the molecule is CO/C=C(/C(=O)OC)c1cc(O)c(C)cc1C. The molecule has 0 unspecified atom stereocenters. The van der Waals surface area contributed by atoms with Crippen LogP contribution < -0.4 is 0 Å². The molecule has 92 valence electrons. The minimum absolute atomic E-state index is 0.136. The molecule has 1 aromatic rings. The molecule has 0 aliphatic carbocycles. The smallest absolute Gasteiger partial charge is 0.341 e. The zero-order chi connectivity index (χ0) is 13.0. The number of aryl methyl sites for hydroxylation is 2. The van der Waals surface area contributed by atoms with Crippen LogP contribution in [0.2, 0.25) is 0 Å². The van der Waals surface area contributed by atoms with Crippen molar-refractivity contribution in [2.45, 2.75) is 13.8 Å². The number of methoxy groups -OCH3 is 2. The van der Waals surface area contributed by atoms with Crippen LogP contribution in [0.15, 0.2) is 18.4 Å². The predicted molar refractivity (Wildman–Crippen MR) is 64.6 cm³/mol. The molecule has 0 aliphatic heterocycles. The van der Waals surface area contributed by atoms with Gasteiger partial charge >= 0.3 is 5.97 Å². The highest BCUT2D eigenvalue weighted by atomic mass is 16.5. The summed E-state index contributed by atoms with van der Waals surface area (Å²) >= 11 is 0. The van der Waals surface area contributed by atoms with E-state index in [1.165, 1.54) is 26.5 Å². The molecule has 0 atom stereocenters. The van der Waals surface area contributed by atoms with Gasteiger partial charge in [-0.05, 0) is 36.6 Å². The Morgan fingerprint density at radius 2 is 1.88 bits per heavy atom. The molecule has 0 amide bonds. The molecule has 0 fully saturated rings. The van der Waals surface area contributed by atoms with Gasteiger partial charge in [-0.2, -0.15) is 0 Å². The fourth-order valence-electron chi connectivity index (χ4n) is 1.58. The maximum Gasteiger partial charge on any atom is 0.341 e. The molecule has 0 aliphatic rings. The van der Waals surface area contributed by atoms with Crippen LogP contribution in [0.4, 0.5) is 0 Å².